The second kappa shape index (κ2) is 7.22. The zero-order chi connectivity index (χ0) is 19.1. The highest BCUT2D eigenvalue weighted by molar-refractivity contribution is 7.21. The fourth-order valence-electron chi connectivity index (χ4n) is 3.61. The van der Waals surface area contributed by atoms with E-state index < -0.39 is 0 Å². The maximum atomic E-state index is 5.62. The molecule has 0 aliphatic carbocycles. The van der Waals surface area contributed by atoms with Crippen molar-refractivity contribution in [1.82, 2.24) is 30.4 Å². The number of ether oxygens (including phenoxy) is 2. The lowest BCUT2D eigenvalue weighted by Crippen LogP contribution is -2.46. The maximum Gasteiger partial charge on any atom is 0.229 e. The number of hydrogen-bond donors (Lipinski definition) is 1. The molecule has 0 aromatic carbocycles. The van der Waals surface area contributed by atoms with Gasteiger partial charge >= 0.3 is 0 Å². The van der Waals surface area contributed by atoms with Crippen LogP contribution in [0.5, 0.6) is 0 Å². The van der Waals surface area contributed by atoms with E-state index in [9.17, 15) is 0 Å². The highest BCUT2D eigenvalue weighted by atomic mass is 32.1. The monoisotopic (exact) mass is 402 g/mol. The number of morpholine rings is 2. The van der Waals surface area contributed by atoms with Gasteiger partial charge in [0.2, 0.25) is 5.95 Å². The predicted molar refractivity (Wildman–Crippen MR) is 106 cm³/mol. The standard InChI is InChI=1S/C17H22N8O2S/c1-10-8-26-5-3-24(10)14-13-16(28-15(19-13)12-7-18-23-22-12)21-17(20-14)25-4-6-27-9-11(25)2/h7,10-11H,3-6,8-9H2,1-2H3,(H,18,22,23)/t10-,11+/m1/s1. The van der Waals surface area contributed by atoms with Gasteiger partial charge in [0.25, 0.3) is 0 Å². The number of nitrogens with zero attached hydrogens (tertiary/aromatic N) is 7. The lowest BCUT2D eigenvalue weighted by atomic mass is 10.2. The largest absolute Gasteiger partial charge is 0.377 e. The highest BCUT2D eigenvalue weighted by Gasteiger charge is 2.28. The summed E-state index contributed by atoms with van der Waals surface area (Å²) in [6.45, 7) is 8.56. The van der Waals surface area contributed by atoms with Crippen molar-refractivity contribution in [3.8, 4) is 10.7 Å². The third-order valence-corrected chi connectivity index (χ3v) is 6.10. The Morgan fingerprint density at radius 1 is 1.04 bits per heavy atom. The number of rotatable bonds is 3. The van der Waals surface area contributed by atoms with Crippen molar-refractivity contribution in [2.24, 2.45) is 0 Å². The van der Waals surface area contributed by atoms with Gasteiger partial charge in [-0.3, -0.25) is 0 Å². The normalized spacial score (nSPS) is 23.5. The minimum absolute atomic E-state index is 0.221. The molecule has 28 heavy (non-hydrogen) atoms. The van der Waals surface area contributed by atoms with Gasteiger partial charge in [-0.1, -0.05) is 11.3 Å². The predicted octanol–water partition coefficient (Wildman–Crippen LogP) is 1.32. The molecule has 0 spiro atoms. The summed E-state index contributed by atoms with van der Waals surface area (Å²) >= 11 is 1.51. The second-order valence-electron chi connectivity index (χ2n) is 7.11. The maximum absolute atomic E-state index is 5.62. The zero-order valence-electron chi connectivity index (χ0n) is 15.8. The van der Waals surface area contributed by atoms with Gasteiger partial charge in [-0.15, -0.1) is 0 Å². The van der Waals surface area contributed by atoms with Gasteiger partial charge in [0.15, 0.2) is 10.6 Å². The number of aromatic amines is 1. The van der Waals surface area contributed by atoms with E-state index in [1.54, 1.807) is 6.20 Å². The van der Waals surface area contributed by atoms with E-state index >= 15 is 0 Å². The summed E-state index contributed by atoms with van der Waals surface area (Å²) in [5.74, 6) is 1.59. The molecule has 2 saturated heterocycles. The quantitative estimate of drug-likeness (QED) is 0.694. The Balaban J connectivity index is 1.65. The minimum atomic E-state index is 0.221. The Morgan fingerprint density at radius 2 is 1.79 bits per heavy atom. The zero-order valence-corrected chi connectivity index (χ0v) is 16.6. The van der Waals surface area contributed by atoms with Crippen LogP contribution in [0.1, 0.15) is 13.8 Å². The molecule has 2 aliphatic heterocycles. The molecule has 0 radical (unpaired) electrons. The first-order chi connectivity index (χ1) is 13.7. The summed E-state index contributed by atoms with van der Waals surface area (Å²) in [5, 5.41) is 11.5. The molecule has 5 heterocycles. The van der Waals surface area contributed by atoms with Crippen LogP contribution < -0.4 is 9.80 Å². The van der Waals surface area contributed by atoms with E-state index in [0.717, 1.165) is 40.2 Å². The van der Waals surface area contributed by atoms with Crippen molar-refractivity contribution in [3.63, 3.8) is 0 Å². The van der Waals surface area contributed by atoms with Crippen LogP contribution >= 0.6 is 11.3 Å². The summed E-state index contributed by atoms with van der Waals surface area (Å²) in [5.41, 5.74) is 1.52. The SMILES string of the molecule is C[C@@H]1COCCN1c1nc(N2CCOC[C@@H]2C)nc2sc(-c3cn[nH]n3)nc12. The molecule has 3 aromatic heterocycles. The Kier molecular flexibility index (Phi) is 4.57. The molecule has 2 aliphatic rings. The molecule has 2 atom stereocenters. The second-order valence-corrected chi connectivity index (χ2v) is 8.09. The van der Waals surface area contributed by atoms with Crippen molar-refractivity contribution in [1.29, 1.82) is 0 Å². The number of aromatic nitrogens is 6. The van der Waals surface area contributed by atoms with Gasteiger partial charge in [-0.05, 0) is 13.8 Å². The average molecular weight is 402 g/mol. The summed E-state index contributed by atoms with van der Waals surface area (Å²) in [6.07, 6.45) is 1.67. The van der Waals surface area contributed by atoms with Gasteiger partial charge in [-0.25, -0.2) is 4.98 Å². The molecule has 10 nitrogen and oxygen atoms in total. The van der Waals surface area contributed by atoms with Crippen molar-refractivity contribution in [2.75, 3.05) is 49.3 Å². The van der Waals surface area contributed by atoms with Crippen LogP contribution in [0.3, 0.4) is 0 Å². The fourth-order valence-corrected chi connectivity index (χ4v) is 4.49. The third kappa shape index (κ3) is 3.09. The average Bonchev–Trinajstić information content (AvgIpc) is 3.37. The van der Waals surface area contributed by atoms with Crippen LogP contribution in [0.2, 0.25) is 0 Å². The van der Waals surface area contributed by atoms with Crippen LogP contribution in [0.25, 0.3) is 21.0 Å². The number of thiazole rings is 1. The summed E-state index contributed by atoms with van der Waals surface area (Å²) < 4.78 is 11.2. The van der Waals surface area contributed by atoms with Gasteiger partial charge in [0, 0.05) is 13.1 Å². The molecule has 5 rings (SSSR count). The summed E-state index contributed by atoms with van der Waals surface area (Å²) in [7, 11) is 0. The van der Waals surface area contributed by atoms with Crippen LogP contribution in [-0.2, 0) is 9.47 Å². The molecule has 1 N–H and O–H groups in total. The first kappa shape index (κ1) is 17.7. The third-order valence-electron chi connectivity index (χ3n) is 5.13. The van der Waals surface area contributed by atoms with Gasteiger partial charge < -0.3 is 19.3 Å². The molecule has 11 heteroatoms. The van der Waals surface area contributed by atoms with Crippen molar-refractivity contribution < 1.29 is 9.47 Å². The van der Waals surface area contributed by atoms with E-state index in [1.807, 2.05) is 0 Å². The minimum Gasteiger partial charge on any atom is -0.377 e. The van der Waals surface area contributed by atoms with Crippen molar-refractivity contribution >= 4 is 33.5 Å². The molecule has 0 amide bonds. The van der Waals surface area contributed by atoms with Crippen LogP contribution in [-0.4, -0.2) is 82.0 Å². The van der Waals surface area contributed by atoms with Crippen molar-refractivity contribution in [3.05, 3.63) is 6.20 Å². The lowest BCUT2D eigenvalue weighted by molar-refractivity contribution is 0.0973. The topological polar surface area (TPSA) is 105 Å². The molecule has 148 valence electrons. The Hall–Kier alpha value is -2.37. The molecule has 0 bridgehead atoms. The number of nitrogens with one attached hydrogen (secondary N) is 1. The molecule has 0 saturated carbocycles. The molecular formula is C17H22N8O2S. The van der Waals surface area contributed by atoms with Crippen LogP contribution in [0.15, 0.2) is 6.20 Å². The first-order valence-corrected chi connectivity index (χ1v) is 10.3. The molecule has 0 unspecified atom stereocenters. The summed E-state index contributed by atoms with van der Waals surface area (Å²) in [4.78, 5) is 20.0. The Bertz CT molecular complexity index is 962. The van der Waals surface area contributed by atoms with Gasteiger partial charge in [0.05, 0.1) is 44.7 Å². The number of fused-ring (bicyclic) bond motifs is 1. The Morgan fingerprint density at radius 3 is 2.46 bits per heavy atom. The van der Waals surface area contributed by atoms with E-state index in [-0.39, 0.29) is 12.1 Å². The van der Waals surface area contributed by atoms with Crippen LogP contribution in [0, 0.1) is 0 Å². The number of H-pyrrole nitrogens is 1. The lowest BCUT2D eigenvalue weighted by Gasteiger charge is -2.36. The van der Waals surface area contributed by atoms with Gasteiger partial charge in [0.1, 0.15) is 16.2 Å². The number of anilines is 2. The van der Waals surface area contributed by atoms with E-state index in [4.69, 9.17) is 24.4 Å². The summed E-state index contributed by atoms with van der Waals surface area (Å²) in [6, 6.07) is 0.447. The van der Waals surface area contributed by atoms with Crippen molar-refractivity contribution in [2.45, 2.75) is 25.9 Å². The van der Waals surface area contributed by atoms with E-state index in [1.165, 1.54) is 11.3 Å². The van der Waals surface area contributed by atoms with Crippen LogP contribution in [0.4, 0.5) is 11.8 Å². The van der Waals surface area contributed by atoms with E-state index in [0.29, 0.717) is 32.1 Å². The fraction of sp³-hybridized carbons (Fsp3) is 0.588. The highest BCUT2D eigenvalue weighted by Crippen LogP contribution is 2.35. The smallest absolute Gasteiger partial charge is 0.229 e. The molecular weight excluding hydrogens is 380 g/mol. The first-order valence-electron chi connectivity index (χ1n) is 9.44. The molecule has 3 aromatic rings. The Labute approximate surface area is 165 Å². The molecule has 2 fully saturated rings. The van der Waals surface area contributed by atoms with E-state index in [2.05, 4.69) is 39.1 Å². The van der Waals surface area contributed by atoms with Gasteiger partial charge in [-0.2, -0.15) is 25.4 Å². The number of hydrogen-bond acceptors (Lipinski definition) is 10.